The highest BCUT2D eigenvalue weighted by Crippen LogP contribution is 2.25. The average Bonchev–Trinajstić information content (AvgIpc) is 2.79. The predicted molar refractivity (Wildman–Crippen MR) is 94.6 cm³/mol. The van der Waals surface area contributed by atoms with Gasteiger partial charge in [0.15, 0.2) is 0 Å². The van der Waals surface area contributed by atoms with E-state index < -0.39 is 11.9 Å². The molecule has 0 saturated carbocycles. The van der Waals surface area contributed by atoms with Gasteiger partial charge in [-0.25, -0.2) is 9.59 Å². The van der Waals surface area contributed by atoms with Gasteiger partial charge in [-0.2, -0.15) is 0 Å². The van der Waals surface area contributed by atoms with Crippen LogP contribution in [0.3, 0.4) is 0 Å². The molecule has 24 heavy (non-hydrogen) atoms. The summed E-state index contributed by atoms with van der Waals surface area (Å²) in [5.74, 6) is -2.69. The second-order valence-electron chi connectivity index (χ2n) is 5.65. The Hall–Kier alpha value is -1.60. The molecular formula is C17H24BrNO5. The molecule has 1 saturated heterocycles. The molecule has 0 amide bonds. The first-order chi connectivity index (χ1) is 11.4. The molecule has 1 aromatic rings. The number of benzene rings is 1. The minimum absolute atomic E-state index is 0.779. The molecule has 1 aromatic carbocycles. The summed E-state index contributed by atoms with van der Waals surface area (Å²) < 4.78 is 6.90. The maximum Gasteiger partial charge on any atom is 0.414 e. The Morgan fingerprint density at radius 3 is 2.21 bits per heavy atom. The number of likely N-dealkylation sites (tertiary alicyclic amines) is 1. The number of carboxylic acid groups (broad SMARTS) is 2. The van der Waals surface area contributed by atoms with Gasteiger partial charge in [-0.3, -0.25) is 4.90 Å². The Balaban J connectivity index is 0.000000413. The standard InChI is InChI=1S/C15H22BrNO.C2H2O4/c1-13-6-7-15(14(16)12-13)18-11-10-17-8-4-2-3-5-9-17;3-1(4)2(5)6/h6-7,12H,2-5,8-11H2,1H3;(H,3,4)(H,5,6). The van der Waals surface area contributed by atoms with E-state index in [1.54, 1.807) is 0 Å². The van der Waals surface area contributed by atoms with Crippen molar-refractivity contribution >= 4 is 27.9 Å². The Kier molecular flexibility index (Phi) is 9.41. The Morgan fingerprint density at radius 2 is 1.71 bits per heavy atom. The van der Waals surface area contributed by atoms with Crippen LogP contribution in [0.5, 0.6) is 5.75 Å². The number of hydrogen-bond donors (Lipinski definition) is 2. The SMILES string of the molecule is Cc1ccc(OCCN2CCCCCC2)c(Br)c1.O=C(O)C(=O)O. The molecule has 134 valence electrons. The third-order valence-corrected chi connectivity index (χ3v) is 4.25. The van der Waals surface area contributed by atoms with E-state index >= 15 is 0 Å². The van der Waals surface area contributed by atoms with Crippen LogP contribution in [-0.2, 0) is 9.59 Å². The molecule has 7 heteroatoms. The monoisotopic (exact) mass is 401 g/mol. The molecule has 0 aliphatic carbocycles. The van der Waals surface area contributed by atoms with Gasteiger partial charge in [0.1, 0.15) is 12.4 Å². The van der Waals surface area contributed by atoms with Gasteiger partial charge in [0.05, 0.1) is 4.47 Å². The van der Waals surface area contributed by atoms with Gasteiger partial charge in [-0.1, -0.05) is 18.9 Å². The number of ether oxygens (including phenoxy) is 1. The molecule has 0 atom stereocenters. The van der Waals surface area contributed by atoms with E-state index in [-0.39, 0.29) is 0 Å². The lowest BCUT2D eigenvalue weighted by Gasteiger charge is -2.20. The van der Waals surface area contributed by atoms with Crippen molar-refractivity contribution < 1.29 is 24.5 Å². The molecule has 0 aromatic heterocycles. The van der Waals surface area contributed by atoms with Crippen molar-refractivity contribution in [3.05, 3.63) is 28.2 Å². The van der Waals surface area contributed by atoms with Crippen LogP contribution < -0.4 is 4.74 Å². The zero-order chi connectivity index (χ0) is 17.9. The first kappa shape index (κ1) is 20.4. The van der Waals surface area contributed by atoms with E-state index in [9.17, 15) is 0 Å². The zero-order valence-corrected chi connectivity index (χ0v) is 15.4. The fraction of sp³-hybridized carbons (Fsp3) is 0.529. The fourth-order valence-corrected chi connectivity index (χ4v) is 2.98. The highest BCUT2D eigenvalue weighted by atomic mass is 79.9. The van der Waals surface area contributed by atoms with Crippen molar-refractivity contribution in [3.8, 4) is 5.75 Å². The molecular weight excluding hydrogens is 378 g/mol. The molecule has 2 rings (SSSR count). The van der Waals surface area contributed by atoms with E-state index in [2.05, 4.69) is 39.9 Å². The van der Waals surface area contributed by atoms with E-state index in [1.807, 2.05) is 6.07 Å². The molecule has 0 unspecified atom stereocenters. The Bertz CT molecular complexity index is 530. The van der Waals surface area contributed by atoms with Crippen molar-refractivity contribution in [2.75, 3.05) is 26.2 Å². The van der Waals surface area contributed by atoms with Crippen molar-refractivity contribution in [2.45, 2.75) is 32.6 Å². The van der Waals surface area contributed by atoms with E-state index in [0.717, 1.165) is 23.4 Å². The largest absolute Gasteiger partial charge is 0.491 e. The third kappa shape index (κ3) is 8.31. The van der Waals surface area contributed by atoms with Gasteiger partial charge in [0.2, 0.25) is 0 Å². The van der Waals surface area contributed by atoms with Crippen LogP contribution in [0.4, 0.5) is 0 Å². The number of carboxylic acids is 2. The fourth-order valence-electron chi connectivity index (χ4n) is 2.37. The van der Waals surface area contributed by atoms with Gasteiger partial charge in [-0.15, -0.1) is 0 Å². The minimum Gasteiger partial charge on any atom is -0.491 e. The number of carbonyl (C=O) groups is 2. The van der Waals surface area contributed by atoms with Crippen molar-refractivity contribution in [1.82, 2.24) is 4.90 Å². The second kappa shape index (κ2) is 11.0. The normalized spacial score (nSPS) is 14.9. The zero-order valence-electron chi connectivity index (χ0n) is 13.8. The van der Waals surface area contributed by atoms with Gasteiger partial charge >= 0.3 is 11.9 Å². The number of rotatable bonds is 4. The van der Waals surface area contributed by atoms with Crippen molar-refractivity contribution in [1.29, 1.82) is 0 Å². The molecule has 0 spiro atoms. The van der Waals surface area contributed by atoms with E-state index in [4.69, 9.17) is 24.5 Å². The summed E-state index contributed by atoms with van der Waals surface area (Å²) in [4.78, 5) is 20.7. The van der Waals surface area contributed by atoms with Crippen LogP contribution in [0.15, 0.2) is 22.7 Å². The first-order valence-corrected chi connectivity index (χ1v) is 8.77. The Morgan fingerprint density at radius 1 is 1.12 bits per heavy atom. The lowest BCUT2D eigenvalue weighted by molar-refractivity contribution is -0.159. The maximum absolute atomic E-state index is 9.10. The number of halogens is 1. The summed E-state index contributed by atoms with van der Waals surface area (Å²) in [6, 6.07) is 6.23. The van der Waals surface area contributed by atoms with Crippen molar-refractivity contribution in [2.24, 2.45) is 0 Å². The molecule has 0 radical (unpaired) electrons. The van der Waals surface area contributed by atoms with Gasteiger partial charge in [-0.05, 0) is 66.5 Å². The quantitative estimate of drug-likeness (QED) is 0.753. The van der Waals surface area contributed by atoms with Gasteiger partial charge in [0, 0.05) is 6.54 Å². The molecule has 6 nitrogen and oxygen atoms in total. The van der Waals surface area contributed by atoms with E-state index in [1.165, 1.54) is 44.3 Å². The second-order valence-corrected chi connectivity index (χ2v) is 6.50. The molecule has 2 N–H and O–H groups in total. The van der Waals surface area contributed by atoms with Gasteiger partial charge in [0.25, 0.3) is 0 Å². The summed E-state index contributed by atoms with van der Waals surface area (Å²) in [6.45, 7) is 6.38. The summed E-state index contributed by atoms with van der Waals surface area (Å²) >= 11 is 3.55. The number of aliphatic carboxylic acids is 2. The van der Waals surface area contributed by atoms with Gasteiger partial charge < -0.3 is 14.9 Å². The minimum atomic E-state index is -1.82. The number of nitrogens with zero attached hydrogens (tertiary/aromatic N) is 1. The smallest absolute Gasteiger partial charge is 0.414 e. The predicted octanol–water partition coefficient (Wildman–Crippen LogP) is 3.17. The highest BCUT2D eigenvalue weighted by molar-refractivity contribution is 9.10. The number of hydrogen-bond acceptors (Lipinski definition) is 4. The van der Waals surface area contributed by atoms with Crippen LogP contribution in [0, 0.1) is 6.92 Å². The van der Waals surface area contributed by atoms with Crippen LogP contribution in [0.25, 0.3) is 0 Å². The molecule has 0 bridgehead atoms. The highest BCUT2D eigenvalue weighted by Gasteiger charge is 2.09. The number of aryl methyl sites for hydroxylation is 1. The van der Waals surface area contributed by atoms with Crippen LogP contribution in [0.1, 0.15) is 31.2 Å². The lowest BCUT2D eigenvalue weighted by atomic mass is 10.2. The average molecular weight is 402 g/mol. The van der Waals surface area contributed by atoms with Crippen LogP contribution in [0.2, 0.25) is 0 Å². The third-order valence-electron chi connectivity index (χ3n) is 3.63. The summed E-state index contributed by atoms with van der Waals surface area (Å²) in [5.41, 5.74) is 1.25. The molecule has 1 aliphatic heterocycles. The first-order valence-electron chi connectivity index (χ1n) is 7.97. The summed E-state index contributed by atoms with van der Waals surface area (Å²) in [7, 11) is 0. The molecule has 1 heterocycles. The topological polar surface area (TPSA) is 87.1 Å². The Labute approximate surface area is 150 Å². The summed E-state index contributed by atoms with van der Waals surface area (Å²) in [5, 5.41) is 14.8. The maximum atomic E-state index is 9.10. The summed E-state index contributed by atoms with van der Waals surface area (Å²) in [6.07, 6.45) is 5.46. The van der Waals surface area contributed by atoms with Crippen LogP contribution in [-0.4, -0.2) is 53.3 Å². The molecule has 1 fully saturated rings. The van der Waals surface area contributed by atoms with Crippen molar-refractivity contribution in [3.63, 3.8) is 0 Å². The lowest BCUT2D eigenvalue weighted by Crippen LogP contribution is -2.29. The van der Waals surface area contributed by atoms with E-state index in [0.29, 0.717) is 0 Å². The molecule has 1 aliphatic rings. The van der Waals surface area contributed by atoms with Crippen LogP contribution >= 0.6 is 15.9 Å².